The Labute approximate surface area is 310 Å². The molecule has 0 amide bonds. The van der Waals surface area contributed by atoms with Crippen molar-refractivity contribution >= 4 is 38.6 Å². The van der Waals surface area contributed by atoms with Crippen LogP contribution in [0.1, 0.15) is 11.0 Å². The number of benzene rings is 9. The maximum atomic E-state index is 9.50. The maximum Gasteiger partial charge on any atom is 0.0645 e. The van der Waals surface area contributed by atoms with E-state index in [4.69, 9.17) is 0 Å². The van der Waals surface area contributed by atoms with Crippen LogP contribution in [0.3, 0.4) is 0 Å². The Balaban J connectivity index is 1.26. The number of anilines is 3. The van der Waals surface area contributed by atoms with Crippen molar-refractivity contribution < 1.29 is 11.0 Å². The van der Waals surface area contributed by atoms with Crippen molar-refractivity contribution in [2.75, 3.05) is 4.90 Å². The molecule has 0 fully saturated rings. The molecule has 0 N–H and O–H groups in total. The summed E-state index contributed by atoms with van der Waals surface area (Å²) in [5.41, 5.74) is 4.99. The van der Waals surface area contributed by atoms with Gasteiger partial charge in [0.05, 0.1) is 11.0 Å². The fraction of sp³-hybridized carbons (Fsp3) is 0. The Morgan fingerprint density at radius 3 is 1.45 bits per heavy atom. The number of nitrogens with zero attached hydrogens (tertiary/aromatic N) is 1. The number of rotatable bonds is 7. The summed E-state index contributed by atoms with van der Waals surface area (Å²) in [4.78, 5) is 1.33. The summed E-state index contributed by atoms with van der Waals surface area (Å²) in [6.45, 7) is 0. The fourth-order valence-corrected chi connectivity index (χ4v) is 6.75. The van der Waals surface area contributed by atoms with Gasteiger partial charge in [-0.3, -0.25) is 0 Å². The molecule has 0 spiro atoms. The van der Waals surface area contributed by atoms with Gasteiger partial charge in [-0.25, -0.2) is 0 Å². The van der Waals surface area contributed by atoms with Gasteiger partial charge in [0, 0.05) is 17.1 Å². The van der Waals surface area contributed by atoms with Crippen LogP contribution in [0.15, 0.2) is 212 Å². The minimum Gasteiger partial charge on any atom is -0.311 e. The van der Waals surface area contributed by atoms with Gasteiger partial charge in [0.2, 0.25) is 0 Å². The maximum absolute atomic E-state index is 9.50. The molecule has 240 valence electrons. The molecule has 0 aliphatic heterocycles. The van der Waals surface area contributed by atoms with Crippen molar-refractivity contribution in [2.24, 2.45) is 0 Å². The minimum atomic E-state index is -0.389. The Morgan fingerprint density at radius 1 is 0.294 bits per heavy atom. The van der Waals surface area contributed by atoms with E-state index in [1.807, 2.05) is 133 Å². The van der Waals surface area contributed by atoms with Crippen LogP contribution in [-0.4, -0.2) is 0 Å². The molecule has 0 aliphatic carbocycles. The highest BCUT2D eigenvalue weighted by Crippen LogP contribution is 2.40. The van der Waals surface area contributed by atoms with Gasteiger partial charge in [-0.05, 0) is 114 Å². The summed E-state index contributed by atoms with van der Waals surface area (Å²) in [5, 5.41) is 3.59. The molecule has 0 saturated heterocycles. The average molecular weight is 658 g/mol. The monoisotopic (exact) mass is 657 g/mol. The molecule has 0 radical (unpaired) electrons. The SMILES string of the molecule is [2H]c1c([2H])c(N(c2ccccc2)c2c([2H])c([2H])c(-c3cc4ccccc4c4ccccc34)c([2H])c2[2H])c([2H])c([2H])c1-c1ccc(-c2ccccc2)c(-c2ccccc2)c1. The number of hydrogen-bond donors (Lipinski definition) is 0. The summed E-state index contributed by atoms with van der Waals surface area (Å²) in [5.74, 6) is 0. The van der Waals surface area contributed by atoms with E-state index in [-0.39, 0.29) is 70.8 Å². The zero-order valence-corrected chi connectivity index (χ0v) is 27.5. The highest BCUT2D eigenvalue weighted by Gasteiger charge is 2.15. The van der Waals surface area contributed by atoms with Crippen molar-refractivity contribution in [3.63, 3.8) is 0 Å². The van der Waals surface area contributed by atoms with Gasteiger partial charge in [-0.1, -0.05) is 164 Å². The predicted molar refractivity (Wildman–Crippen MR) is 218 cm³/mol. The molecule has 0 aromatic heterocycles. The third-order valence-electron chi connectivity index (χ3n) is 9.20. The molecule has 0 saturated carbocycles. The smallest absolute Gasteiger partial charge is 0.0645 e. The third kappa shape index (κ3) is 5.86. The molecular weight excluding hydrogens is 615 g/mol. The normalized spacial score (nSPS) is 13.3. The third-order valence-corrected chi connectivity index (χ3v) is 9.20. The van der Waals surface area contributed by atoms with Crippen LogP contribution in [0.4, 0.5) is 17.1 Å². The first-order valence-corrected chi connectivity index (χ1v) is 16.9. The molecular formula is C50H35N. The van der Waals surface area contributed by atoms with Gasteiger partial charge in [-0.15, -0.1) is 0 Å². The summed E-state index contributed by atoms with van der Waals surface area (Å²) in [6, 6.07) is 48.7. The van der Waals surface area contributed by atoms with Gasteiger partial charge in [0.1, 0.15) is 0 Å². The van der Waals surface area contributed by atoms with Crippen LogP contribution >= 0.6 is 0 Å². The van der Waals surface area contributed by atoms with E-state index in [0.29, 0.717) is 16.8 Å². The largest absolute Gasteiger partial charge is 0.311 e. The molecule has 0 aliphatic rings. The van der Waals surface area contributed by atoms with Crippen LogP contribution in [0.5, 0.6) is 0 Å². The lowest BCUT2D eigenvalue weighted by atomic mass is 9.91. The van der Waals surface area contributed by atoms with Crippen LogP contribution in [0.2, 0.25) is 0 Å². The summed E-state index contributed by atoms with van der Waals surface area (Å²) in [6.07, 6.45) is 0. The Kier molecular flexibility index (Phi) is 5.96. The summed E-state index contributed by atoms with van der Waals surface area (Å²) in [7, 11) is 0. The molecule has 1 nitrogen and oxygen atoms in total. The van der Waals surface area contributed by atoms with Crippen molar-refractivity contribution in [3.05, 3.63) is 212 Å². The molecule has 9 aromatic rings. The molecule has 0 bridgehead atoms. The Morgan fingerprint density at radius 2 is 0.804 bits per heavy atom. The van der Waals surface area contributed by atoms with E-state index >= 15 is 0 Å². The Hall–Kier alpha value is -6.70. The standard InChI is InChI=1S/C50H35N/c1-4-14-37(15-5-1)46-33-28-40(34-49(46)38-16-6-2-7-17-38)36-24-29-43(30-25-36)51(42-19-8-3-9-20-42)44-31-26-39(27-32-44)50-35-41-18-10-11-21-45(41)47-22-12-13-23-48(47)50/h1-35H/i24D,25D,26D,27D,29D,30D,31D,32D. The van der Waals surface area contributed by atoms with Crippen molar-refractivity contribution in [2.45, 2.75) is 0 Å². The molecule has 9 aromatic carbocycles. The van der Waals surface area contributed by atoms with Crippen molar-refractivity contribution in [1.82, 2.24) is 0 Å². The van der Waals surface area contributed by atoms with E-state index < -0.39 is 0 Å². The minimum absolute atomic E-state index is 0.103. The molecule has 9 rings (SSSR count). The highest BCUT2D eigenvalue weighted by molar-refractivity contribution is 6.13. The van der Waals surface area contributed by atoms with Crippen LogP contribution in [0.25, 0.3) is 66.1 Å². The lowest BCUT2D eigenvalue weighted by Crippen LogP contribution is -2.09. The van der Waals surface area contributed by atoms with Crippen LogP contribution in [0, 0.1) is 0 Å². The number of para-hydroxylation sites is 1. The average Bonchev–Trinajstić information content (AvgIpc) is 3.28. The molecule has 0 heterocycles. The van der Waals surface area contributed by atoms with Gasteiger partial charge < -0.3 is 4.90 Å². The highest BCUT2D eigenvalue weighted by atomic mass is 15.1. The lowest BCUT2D eigenvalue weighted by Gasteiger charge is -2.26. The van der Waals surface area contributed by atoms with E-state index in [1.54, 1.807) is 30.3 Å². The second-order valence-electron chi connectivity index (χ2n) is 12.3. The van der Waals surface area contributed by atoms with Gasteiger partial charge >= 0.3 is 0 Å². The van der Waals surface area contributed by atoms with E-state index in [0.717, 1.165) is 43.8 Å². The van der Waals surface area contributed by atoms with E-state index in [1.165, 1.54) is 4.90 Å². The summed E-state index contributed by atoms with van der Waals surface area (Å²) >= 11 is 0. The Bertz CT molecular complexity index is 3020. The van der Waals surface area contributed by atoms with Gasteiger partial charge in [-0.2, -0.15) is 0 Å². The topological polar surface area (TPSA) is 3.24 Å². The zero-order valence-electron chi connectivity index (χ0n) is 35.5. The molecule has 1 heteroatoms. The molecule has 0 atom stereocenters. The second-order valence-corrected chi connectivity index (χ2v) is 12.3. The first kappa shape index (κ1) is 22.8. The zero-order chi connectivity index (χ0) is 40.9. The van der Waals surface area contributed by atoms with Crippen molar-refractivity contribution in [1.29, 1.82) is 0 Å². The first-order valence-electron chi connectivity index (χ1n) is 20.9. The van der Waals surface area contributed by atoms with Gasteiger partial charge in [0.25, 0.3) is 0 Å². The predicted octanol–water partition coefficient (Wildman–Crippen LogP) is 14.1. The molecule has 0 unspecified atom stereocenters. The number of fused-ring (bicyclic) bond motifs is 3. The fourth-order valence-electron chi connectivity index (χ4n) is 6.75. The van der Waals surface area contributed by atoms with Gasteiger partial charge in [0.15, 0.2) is 0 Å². The first-order chi connectivity index (χ1) is 28.7. The van der Waals surface area contributed by atoms with E-state index in [9.17, 15) is 11.0 Å². The lowest BCUT2D eigenvalue weighted by molar-refractivity contribution is 1.28. The van der Waals surface area contributed by atoms with Crippen LogP contribution < -0.4 is 4.90 Å². The quantitative estimate of drug-likeness (QED) is 0.154. The summed E-state index contributed by atoms with van der Waals surface area (Å²) < 4.78 is 75.7. The van der Waals surface area contributed by atoms with E-state index in [2.05, 4.69) is 0 Å². The molecule has 51 heavy (non-hydrogen) atoms. The second kappa shape index (κ2) is 13.3. The van der Waals surface area contributed by atoms with Crippen LogP contribution in [-0.2, 0) is 0 Å². The van der Waals surface area contributed by atoms with Crippen molar-refractivity contribution in [3.8, 4) is 44.5 Å². The number of hydrogen-bond acceptors (Lipinski definition) is 1.